The molecule has 3 aliphatic rings. The SMILES string of the molecule is CC1CC(C2=C(c3ccccc3)N=C(N)N3C[N+]([O-])(CCC(F)(F)F)N=C23)CC(C)O1. The van der Waals surface area contributed by atoms with E-state index in [1.807, 2.05) is 44.2 Å². The van der Waals surface area contributed by atoms with Crippen LogP contribution in [0.15, 0.2) is 46.0 Å². The Bertz CT molecular complexity index is 921. The first-order valence-corrected chi connectivity index (χ1v) is 10.4. The first-order chi connectivity index (χ1) is 14.5. The third-order valence-electron chi connectivity index (χ3n) is 5.79. The predicted molar refractivity (Wildman–Crippen MR) is 111 cm³/mol. The Hall–Kier alpha value is -2.43. The molecule has 7 nitrogen and oxygen atoms in total. The molecule has 3 aliphatic heterocycles. The van der Waals surface area contributed by atoms with Crippen LogP contribution in [0.2, 0.25) is 0 Å². The fourth-order valence-electron chi connectivity index (χ4n) is 4.52. The van der Waals surface area contributed by atoms with Crippen LogP contribution in [-0.2, 0) is 4.74 Å². The number of nitrogens with zero attached hydrogens (tertiary/aromatic N) is 4. The molecule has 4 rings (SSSR count). The van der Waals surface area contributed by atoms with Crippen LogP contribution in [0.4, 0.5) is 13.2 Å². The largest absolute Gasteiger partial charge is 0.603 e. The van der Waals surface area contributed by atoms with Gasteiger partial charge in [-0.15, -0.1) is 0 Å². The summed E-state index contributed by atoms with van der Waals surface area (Å²) < 4.78 is 42.9. The van der Waals surface area contributed by atoms with Gasteiger partial charge < -0.3 is 15.7 Å². The second-order valence-corrected chi connectivity index (χ2v) is 8.45. The molecule has 0 radical (unpaired) electrons. The van der Waals surface area contributed by atoms with E-state index in [-0.39, 0.29) is 30.8 Å². The summed E-state index contributed by atoms with van der Waals surface area (Å²) in [5, 5.41) is 17.4. The van der Waals surface area contributed by atoms with E-state index in [0.29, 0.717) is 24.4 Å². The first-order valence-electron chi connectivity index (χ1n) is 10.4. The van der Waals surface area contributed by atoms with Crippen LogP contribution in [-0.4, -0.2) is 53.0 Å². The minimum absolute atomic E-state index is 0.00583. The molecule has 168 valence electrons. The maximum absolute atomic E-state index is 13.1. The van der Waals surface area contributed by atoms with Crippen molar-refractivity contribution in [2.45, 2.75) is 51.5 Å². The zero-order chi connectivity index (χ0) is 22.4. The summed E-state index contributed by atoms with van der Waals surface area (Å²) in [5.74, 6) is 0.383. The molecule has 0 amide bonds. The van der Waals surface area contributed by atoms with E-state index in [0.717, 1.165) is 11.1 Å². The number of nitrogens with two attached hydrogens (primary N) is 1. The fraction of sp³-hybridized carbons (Fsp3) is 0.524. The van der Waals surface area contributed by atoms with E-state index in [1.165, 1.54) is 4.90 Å². The van der Waals surface area contributed by atoms with Crippen LogP contribution in [0.5, 0.6) is 0 Å². The number of aliphatic imine (C=N–C) groups is 1. The molecule has 0 aliphatic carbocycles. The van der Waals surface area contributed by atoms with Gasteiger partial charge in [-0.2, -0.15) is 13.2 Å². The highest BCUT2D eigenvalue weighted by Gasteiger charge is 2.45. The highest BCUT2D eigenvalue weighted by molar-refractivity contribution is 6.16. The van der Waals surface area contributed by atoms with Crippen molar-refractivity contribution in [3.8, 4) is 0 Å². The summed E-state index contributed by atoms with van der Waals surface area (Å²) in [6.45, 7) is 2.95. The van der Waals surface area contributed by atoms with Gasteiger partial charge in [0.15, 0.2) is 6.67 Å². The van der Waals surface area contributed by atoms with Crippen LogP contribution in [0.3, 0.4) is 0 Å². The Morgan fingerprint density at radius 2 is 1.84 bits per heavy atom. The minimum Gasteiger partial charge on any atom is -0.603 e. The molecule has 31 heavy (non-hydrogen) atoms. The summed E-state index contributed by atoms with van der Waals surface area (Å²) in [4.78, 5) is 6.04. The zero-order valence-corrected chi connectivity index (χ0v) is 17.5. The predicted octanol–water partition coefficient (Wildman–Crippen LogP) is 3.78. The molecule has 1 aromatic rings. The summed E-state index contributed by atoms with van der Waals surface area (Å²) in [7, 11) is 0. The van der Waals surface area contributed by atoms with Gasteiger partial charge in [0.25, 0.3) is 0 Å². The lowest BCUT2D eigenvalue weighted by atomic mass is 9.82. The van der Waals surface area contributed by atoms with Crippen molar-refractivity contribution in [2.24, 2.45) is 21.7 Å². The number of hydrogen-bond acceptors (Lipinski definition) is 6. The van der Waals surface area contributed by atoms with Crippen LogP contribution in [0, 0.1) is 11.1 Å². The van der Waals surface area contributed by atoms with Crippen molar-refractivity contribution < 1.29 is 22.7 Å². The molecule has 2 N–H and O–H groups in total. The third kappa shape index (κ3) is 4.60. The van der Waals surface area contributed by atoms with Gasteiger partial charge in [-0.05, 0) is 32.6 Å². The fourth-order valence-corrected chi connectivity index (χ4v) is 4.52. The quantitative estimate of drug-likeness (QED) is 0.574. The first kappa shape index (κ1) is 21.8. The zero-order valence-electron chi connectivity index (χ0n) is 17.5. The Labute approximate surface area is 178 Å². The molecule has 0 saturated carbocycles. The lowest BCUT2D eigenvalue weighted by Crippen LogP contribution is -2.49. The molecule has 0 aromatic heterocycles. The second-order valence-electron chi connectivity index (χ2n) is 8.45. The summed E-state index contributed by atoms with van der Waals surface area (Å²) in [6, 6.07) is 9.43. The van der Waals surface area contributed by atoms with E-state index in [9.17, 15) is 18.4 Å². The number of ether oxygens (including phenoxy) is 1. The van der Waals surface area contributed by atoms with E-state index in [2.05, 4.69) is 10.1 Å². The molecule has 0 spiro atoms. The summed E-state index contributed by atoms with van der Waals surface area (Å²) >= 11 is 0. The van der Waals surface area contributed by atoms with E-state index >= 15 is 0 Å². The number of benzene rings is 1. The molecular formula is C21H26F3N5O2. The van der Waals surface area contributed by atoms with Crippen LogP contribution >= 0.6 is 0 Å². The number of rotatable bonds is 4. The topological polar surface area (TPSA) is 86.3 Å². The number of fused-ring (bicyclic) bond motifs is 1. The Morgan fingerprint density at radius 1 is 1.19 bits per heavy atom. The highest BCUT2D eigenvalue weighted by Crippen LogP contribution is 2.40. The van der Waals surface area contributed by atoms with Gasteiger partial charge >= 0.3 is 6.18 Å². The molecule has 3 heterocycles. The van der Waals surface area contributed by atoms with Crippen molar-refractivity contribution in [2.75, 3.05) is 13.2 Å². The average Bonchev–Trinajstić information content (AvgIpc) is 3.04. The highest BCUT2D eigenvalue weighted by atomic mass is 19.4. The van der Waals surface area contributed by atoms with E-state index < -0.39 is 23.9 Å². The second kappa shape index (κ2) is 7.92. The number of quaternary nitrogens is 1. The molecule has 1 aromatic carbocycles. The molecule has 3 atom stereocenters. The van der Waals surface area contributed by atoms with Crippen molar-refractivity contribution in [1.82, 2.24) is 4.90 Å². The van der Waals surface area contributed by atoms with E-state index in [4.69, 9.17) is 10.5 Å². The maximum Gasteiger partial charge on any atom is 0.394 e. The number of hydroxylamine groups is 2. The normalized spacial score (nSPS) is 31.4. The van der Waals surface area contributed by atoms with Crippen molar-refractivity contribution >= 4 is 17.5 Å². The number of guanidine groups is 1. The molecule has 1 saturated heterocycles. The van der Waals surface area contributed by atoms with E-state index in [1.54, 1.807) is 0 Å². The van der Waals surface area contributed by atoms with Gasteiger partial charge in [0.1, 0.15) is 6.54 Å². The van der Waals surface area contributed by atoms with Crippen molar-refractivity contribution in [3.05, 3.63) is 46.7 Å². The maximum atomic E-state index is 13.1. The lowest BCUT2D eigenvalue weighted by Gasteiger charge is -2.36. The van der Waals surface area contributed by atoms with Gasteiger partial charge in [0.2, 0.25) is 11.8 Å². The average molecular weight is 437 g/mol. The molecule has 0 bridgehead atoms. The van der Waals surface area contributed by atoms with Crippen LogP contribution < -0.4 is 5.73 Å². The number of hydrogen-bond donors (Lipinski definition) is 1. The minimum atomic E-state index is -4.43. The van der Waals surface area contributed by atoms with Crippen molar-refractivity contribution in [1.29, 1.82) is 0 Å². The van der Waals surface area contributed by atoms with Crippen LogP contribution in [0.25, 0.3) is 5.70 Å². The Morgan fingerprint density at radius 3 is 2.45 bits per heavy atom. The third-order valence-corrected chi connectivity index (χ3v) is 5.79. The monoisotopic (exact) mass is 437 g/mol. The molecule has 1 fully saturated rings. The lowest BCUT2D eigenvalue weighted by molar-refractivity contribution is -0.888. The molecule has 3 unspecified atom stereocenters. The van der Waals surface area contributed by atoms with Gasteiger partial charge in [0.05, 0.1) is 24.3 Å². The van der Waals surface area contributed by atoms with Crippen LogP contribution in [0.1, 0.15) is 38.7 Å². The van der Waals surface area contributed by atoms with Gasteiger partial charge in [-0.25, -0.2) is 14.6 Å². The van der Waals surface area contributed by atoms with Gasteiger partial charge in [-0.3, -0.25) is 0 Å². The number of alkyl halides is 3. The standard InChI is InChI=1S/C21H26F3N5O2/c1-13-10-16(11-14(2)31-13)17-18(15-6-4-3-5-7-15)26-20(25)28-12-29(30,27-19(17)28)9-8-21(22,23)24/h3-7,13-14,16H,8-12H2,1-2H3,(H2,25,26). The molecule has 10 heteroatoms. The Kier molecular flexibility index (Phi) is 5.57. The Balaban J connectivity index is 1.80. The summed E-state index contributed by atoms with van der Waals surface area (Å²) in [5.41, 5.74) is 8.35. The molecular weight excluding hydrogens is 411 g/mol. The number of amidine groups is 1. The van der Waals surface area contributed by atoms with Gasteiger partial charge in [0, 0.05) is 11.1 Å². The number of halogens is 3. The smallest absolute Gasteiger partial charge is 0.394 e. The van der Waals surface area contributed by atoms with Gasteiger partial charge in [-0.1, -0.05) is 35.4 Å². The summed E-state index contributed by atoms with van der Waals surface area (Å²) in [6.07, 6.45) is -4.27. The van der Waals surface area contributed by atoms with Crippen molar-refractivity contribution in [3.63, 3.8) is 0 Å².